The summed E-state index contributed by atoms with van der Waals surface area (Å²) in [5.74, 6) is -0.0439. The highest BCUT2D eigenvalue weighted by atomic mass is 16.5. The first-order valence-electron chi connectivity index (χ1n) is 12.4. The van der Waals surface area contributed by atoms with E-state index in [-0.39, 0.29) is 17.9 Å². The van der Waals surface area contributed by atoms with Crippen molar-refractivity contribution in [3.8, 4) is 11.5 Å². The van der Waals surface area contributed by atoms with E-state index in [1.165, 1.54) is 4.90 Å². The number of aliphatic hydroxyl groups is 1. The topological polar surface area (TPSA) is 79.3 Å². The molecule has 190 valence electrons. The summed E-state index contributed by atoms with van der Waals surface area (Å²) in [6.45, 7) is 3.22. The zero-order valence-corrected chi connectivity index (χ0v) is 21.2. The van der Waals surface area contributed by atoms with Gasteiger partial charge >= 0.3 is 0 Å². The molecule has 1 amide bonds. The predicted molar refractivity (Wildman–Crippen MR) is 142 cm³/mol. The van der Waals surface area contributed by atoms with Gasteiger partial charge in [0.25, 0.3) is 11.7 Å². The average Bonchev–Trinajstić information content (AvgIpc) is 3.47. The maximum absolute atomic E-state index is 13.4. The van der Waals surface area contributed by atoms with E-state index in [1.54, 1.807) is 12.1 Å². The van der Waals surface area contributed by atoms with Crippen LogP contribution < -0.4 is 14.4 Å². The monoisotopic (exact) mass is 498 g/mol. The maximum Gasteiger partial charge on any atom is 0.295 e. The molecule has 7 nitrogen and oxygen atoms in total. The minimum atomic E-state index is -0.739. The number of hydrogen-bond donors (Lipinski definition) is 1. The van der Waals surface area contributed by atoms with Crippen LogP contribution >= 0.6 is 0 Å². The Labute approximate surface area is 216 Å². The molecule has 1 N–H and O–H groups in total. The van der Waals surface area contributed by atoms with Crippen LogP contribution in [0.1, 0.15) is 35.2 Å². The highest BCUT2D eigenvalue weighted by Crippen LogP contribution is 2.41. The molecule has 1 fully saturated rings. The highest BCUT2D eigenvalue weighted by molar-refractivity contribution is 6.46. The SMILES string of the molecule is CCOc1cccc(CN2C(=O)C(=O)/C(=C(\O)c3ccc4c(c3)CCO4)C2c2ccc(N(C)C)cc2)c1. The molecule has 2 aliphatic heterocycles. The van der Waals surface area contributed by atoms with Crippen LogP contribution in [0.25, 0.3) is 5.76 Å². The van der Waals surface area contributed by atoms with Gasteiger partial charge in [-0.15, -0.1) is 0 Å². The summed E-state index contributed by atoms with van der Waals surface area (Å²) in [6.07, 6.45) is 0.733. The third-order valence-electron chi connectivity index (χ3n) is 6.79. The van der Waals surface area contributed by atoms with Crippen LogP contribution in [-0.2, 0) is 22.6 Å². The van der Waals surface area contributed by atoms with Gasteiger partial charge in [0.2, 0.25) is 0 Å². The van der Waals surface area contributed by atoms with E-state index in [1.807, 2.05) is 80.5 Å². The first-order chi connectivity index (χ1) is 17.9. The molecule has 1 unspecified atom stereocenters. The number of nitrogens with zero attached hydrogens (tertiary/aromatic N) is 2. The van der Waals surface area contributed by atoms with Gasteiger partial charge in [-0.05, 0) is 66.1 Å². The third kappa shape index (κ3) is 4.65. The lowest BCUT2D eigenvalue weighted by Gasteiger charge is -2.26. The number of amides is 1. The van der Waals surface area contributed by atoms with E-state index < -0.39 is 17.7 Å². The molecule has 37 heavy (non-hydrogen) atoms. The van der Waals surface area contributed by atoms with Crippen LogP contribution in [0.15, 0.2) is 72.3 Å². The van der Waals surface area contributed by atoms with E-state index in [9.17, 15) is 14.7 Å². The minimum Gasteiger partial charge on any atom is -0.507 e. The van der Waals surface area contributed by atoms with Crippen molar-refractivity contribution in [2.24, 2.45) is 0 Å². The second kappa shape index (κ2) is 10.0. The van der Waals surface area contributed by atoms with Gasteiger partial charge in [-0.25, -0.2) is 0 Å². The van der Waals surface area contributed by atoms with E-state index in [4.69, 9.17) is 9.47 Å². The number of ketones is 1. The number of likely N-dealkylation sites (tertiary alicyclic amines) is 1. The van der Waals surface area contributed by atoms with E-state index in [0.29, 0.717) is 24.5 Å². The highest BCUT2D eigenvalue weighted by Gasteiger charge is 2.46. The summed E-state index contributed by atoms with van der Waals surface area (Å²) in [5.41, 5.74) is 4.12. The molecule has 2 aliphatic rings. The summed E-state index contributed by atoms with van der Waals surface area (Å²) in [6, 6.07) is 19.8. The molecule has 3 aromatic rings. The molecule has 0 bridgehead atoms. The Kier molecular flexibility index (Phi) is 6.61. The third-order valence-corrected chi connectivity index (χ3v) is 6.79. The van der Waals surface area contributed by atoms with Crippen LogP contribution in [0.5, 0.6) is 11.5 Å². The molecule has 0 saturated carbocycles. The van der Waals surface area contributed by atoms with E-state index >= 15 is 0 Å². The van der Waals surface area contributed by atoms with Gasteiger partial charge in [0.05, 0.1) is 24.8 Å². The lowest BCUT2D eigenvalue weighted by Crippen LogP contribution is -2.29. The lowest BCUT2D eigenvalue weighted by molar-refractivity contribution is -0.140. The van der Waals surface area contributed by atoms with Crippen molar-refractivity contribution in [1.82, 2.24) is 4.90 Å². The van der Waals surface area contributed by atoms with Gasteiger partial charge in [-0.1, -0.05) is 24.3 Å². The number of ether oxygens (including phenoxy) is 2. The van der Waals surface area contributed by atoms with Crippen molar-refractivity contribution in [2.45, 2.75) is 25.9 Å². The molecule has 1 saturated heterocycles. The van der Waals surface area contributed by atoms with Crippen LogP contribution in [-0.4, -0.2) is 49.0 Å². The molecule has 7 heteroatoms. The first kappa shape index (κ1) is 24.4. The van der Waals surface area contributed by atoms with Gasteiger partial charge in [0.1, 0.15) is 17.3 Å². The van der Waals surface area contributed by atoms with Crippen molar-refractivity contribution in [3.63, 3.8) is 0 Å². The van der Waals surface area contributed by atoms with Crippen LogP contribution in [0.3, 0.4) is 0 Å². The fourth-order valence-electron chi connectivity index (χ4n) is 4.93. The molecular formula is C30H30N2O5. The molecule has 0 aliphatic carbocycles. The largest absolute Gasteiger partial charge is 0.507 e. The zero-order valence-electron chi connectivity index (χ0n) is 21.2. The average molecular weight is 499 g/mol. The molecule has 0 spiro atoms. The number of aliphatic hydroxyl groups excluding tert-OH is 1. The Balaban J connectivity index is 1.60. The smallest absolute Gasteiger partial charge is 0.295 e. The van der Waals surface area contributed by atoms with Crippen molar-refractivity contribution in [1.29, 1.82) is 0 Å². The van der Waals surface area contributed by atoms with Crippen LogP contribution in [0.2, 0.25) is 0 Å². The van der Waals surface area contributed by atoms with Gasteiger partial charge in [-0.2, -0.15) is 0 Å². The van der Waals surface area contributed by atoms with Crippen LogP contribution in [0.4, 0.5) is 5.69 Å². The summed E-state index contributed by atoms with van der Waals surface area (Å²) in [5, 5.41) is 11.4. The summed E-state index contributed by atoms with van der Waals surface area (Å²) in [7, 11) is 3.90. The van der Waals surface area contributed by atoms with Gasteiger partial charge in [0.15, 0.2) is 0 Å². The predicted octanol–water partition coefficient (Wildman–Crippen LogP) is 4.71. The summed E-state index contributed by atoms with van der Waals surface area (Å²) >= 11 is 0. The number of benzene rings is 3. The zero-order chi connectivity index (χ0) is 26.1. The summed E-state index contributed by atoms with van der Waals surface area (Å²) < 4.78 is 11.2. The van der Waals surface area contributed by atoms with Crippen molar-refractivity contribution < 1.29 is 24.2 Å². The number of fused-ring (bicyclic) bond motifs is 1. The van der Waals surface area contributed by atoms with Crippen LogP contribution in [0, 0.1) is 0 Å². The number of carbonyl (C=O) groups is 2. The second-order valence-electron chi connectivity index (χ2n) is 9.41. The molecule has 0 radical (unpaired) electrons. The quantitative estimate of drug-likeness (QED) is 0.289. The number of anilines is 1. The van der Waals surface area contributed by atoms with E-state index in [0.717, 1.165) is 34.5 Å². The van der Waals surface area contributed by atoms with Gasteiger partial charge < -0.3 is 24.4 Å². The van der Waals surface area contributed by atoms with Gasteiger partial charge in [0, 0.05) is 38.3 Å². The number of Topliss-reactive ketones (excluding diaryl/α,β-unsaturated/α-hetero) is 1. The molecule has 1 atom stereocenters. The molecule has 3 aromatic carbocycles. The first-order valence-corrected chi connectivity index (χ1v) is 12.4. The Morgan fingerprint density at radius 2 is 1.86 bits per heavy atom. The molecule has 5 rings (SSSR count). The minimum absolute atomic E-state index is 0.0856. The number of carbonyl (C=O) groups excluding carboxylic acids is 2. The second-order valence-corrected chi connectivity index (χ2v) is 9.41. The fourth-order valence-corrected chi connectivity index (χ4v) is 4.93. The standard InChI is InChI=1S/C30H30N2O5/c1-4-36-24-7-5-6-19(16-24)18-32-27(20-8-11-23(12-9-20)31(2)3)26(29(34)30(32)35)28(33)22-10-13-25-21(17-22)14-15-37-25/h5-13,16-17,27,33H,4,14-15,18H2,1-3H3/b28-26-. The van der Waals surface area contributed by atoms with Crippen molar-refractivity contribution in [2.75, 3.05) is 32.2 Å². The normalized spacial score (nSPS) is 18.0. The summed E-state index contributed by atoms with van der Waals surface area (Å²) in [4.78, 5) is 30.3. The Morgan fingerprint density at radius 1 is 1.08 bits per heavy atom. The van der Waals surface area contributed by atoms with Crippen molar-refractivity contribution in [3.05, 3.63) is 94.6 Å². The maximum atomic E-state index is 13.4. The fraction of sp³-hybridized carbons (Fsp3) is 0.267. The van der Waals surface area contributed by atoms with E-state index in [2.05, 4.69) is 0 Å². The Morgan fingerprint density at radius 3 is 2.59 bits per heavy atom. The molecular weight excluding hydrogens is 468 g/mol. The lowest BCUT2D eigenvalue weighted by atomic mass is 9.94. The number of hydrogen-bond acceptors (Lipinski definition) is 6. The Hall–Kier alpha value is -4.26. The molecule has 0 aromatic heterocycles. The number of rotatable bonds is 7. The Bertz CT molecular complexity index is 1380. The van der Waals surface area contributed by atoms with Gasteiger partial charge in [-0.3, -0.25) is 9.59 Å². The van der Waals surface area contributed by atoms with Crippen molar-refractivity contribution >= 4 is 23.1 Å². The molecule has 2 heterocycles.